The molecule has 5 nitrogen and oxygen atoms in total. The highest BCUT2D eigenvalue weighted by Crippen LogP contribution is 2.41. The second-order valence-electron chi connectivity index (χ2n) is 6.64. The molecule has 0 saturated carbocycles. The van der Waals surface area contributed by atoms with Crippen molar-refractivity contribution in [1.82, 2.24) is 5.43 Å². The normalized spacial score (nSPS) is 16.2. The third-order valence-corrected chi connectivity index (χ3v) is 6.54. The lowest BCUT2D eigenvalue weighted by molar-refractivity contribution is -0.115. The molecule has 1 saturated heterocycles. The zero-order chi connectivity index (χ0) is 20.9. The number of hydrazone groups is 1. The fraction of sp³-hybridized carbons (Fsp3) is 0.0870. The van der Waals surface area contributed by atoms with Crippen molar-refractivity contribution in [1.29, 1.82) is 0 Å². The van der Waals surface area contributed by atoms with Gasteiger partial charge in [0, 0.05) is 14.8 Å². The van der Waals surface area contributed by atoms with Crippen LogP contribution in [0, 0.1) is 3.57 Å². The Hall–Kier alpha value is -2.65. The summed E-state index contributed by atoms with van der Waals surface area (Å²) in [7, 11) is 0. The van der Waals surface area contributed by atoms with Gasteiger partial charge in [0.2, 0.25) is 5.91 Å². The molecular formula is C23H18IN3O2S. The summed E-state index contributed by atoms with van der Waals surface area (Å²) in [6, 6.07) is 24.8. The number of amides is 2. The largest absolute Gasteiger partial charge is 0.295 e. The van der Waals surface area contributed by atoms with Gasteiger partial charge in [0.1, 0.15) is 5.37 Å². The van der Waals surface area contributed by atoms with Crippen LogP contribution in [0.5, 0.6) is 0 Å². The zero-order valence-corrected chi connectivity index (χ0v) is 18.8. The Morgan fingerprint density at radius 2 is 1.73 bits per heavy atom. The number of nitrogens with zero attached hydrogens (tertiary/aromatic N) is 2. The molecule has 1 unspecified atom stereocenters. The zero-order valence-electron chi connectivity index (χ0n) is 15.9. The highest BCUT2D eigenvalue weighted by atomic mass is 127. The van der Waals surface area contributed by atoms with Crippen LogP contribution in [0.15, 0.2) is 84.0 Å². The number of nitrogens with one attached hydrogen (secondary N) is 1. The van der Waals surface area contributed by atoms with Crippen LogP contribution >= 0.6 is 34.4 Å². The molecular weight excluding hydrogens is 509 g/mol. The molecule has 1 N–H and O–H groups in total. The number of hydrogen-bond donors (Lipinski definition) is 1. The van der Waals surface area contributed by atoms with E-state index in [9.17, 15) is 9.59 Å². The van der Waals surface area contributed by atoms with Gasteiger partial charge in [-0.25, -0.2) is 5.43 Å². The van der Waals surface area contributed by atoms with Gasteiger partial charge in [-0.1, -0.05) is 42.5 Å². The first-order valence-corrected chi connectivity index (χ1v) is 11.4. The number of carbonyl (C=O) groups excluding carboxylic acids is 2. The first-order valence-electron chi connectivity index (χ1n) is 9.29. The van der Waals surface area contributed by atoms with E-state index in [1.54, 1.807) is 47.1 Å². The van der Waals surface area contributed by atoms with E-state index >= 15 is 0 Å². The molecule has 1 atom stereocenters. The molecule has 3 aromatic rings. The monoisotopic (exact) mass is 527 g/mol. The number of benzene rings is 3. The number of rotatable bonds is 5. The van der Waals surface area contributed by atoms with E-state index in [0.29, 0.717) is 11.3 Å². The summed E-state index contributed by atoms with van der Waals surface area (Å²) < 4.78 is 1.14. The predicted octanol–water partition coefficient (Wildman–Crippen LogP) is 4.83. The summed E-state index contributed by atoms with van der Waals surface area (Å²) in [4.78, 5) is 26.6. The molecule has 0 radical (unpaired) electrons. The molecule has 7 heteroatoms. The van der Waals surface area contributed by atoms with Gasteiger partial charge >= 0.3 is 0 Å². The number of halogens is 1. The highest BCUT2D eigenvalue weighted by molar-refractivity contribution is 14.1. The molecule has 30 heavy (non-hydrogen) atoms. The summed E-state index contributed by atoms with van der Waals surface area (Å²) in [5, 5.41) is 3.96. The summed E-state index contributed by atoms with van der Waals surface area (Å²) in [5.41, 5.74) is 5.78. The SMILES string of the molecule is O=C(NN=Cc1ccc(I)cc1)c1ccc(N2C(=O)CSC2c2ccccc2)cc1. The van der Waals surface area contributed by atoms with E-state index in [1.165, 1.54) is 0 Å². The Balaban J connectivity index is 1.44. The summed E-state index contributed by atoms with van der Waals surface area (Å²) in [6.45, 7) is 0. The Morgan fingerprint density at radius 3 is 2.43 bits per heavy atom. The maximum atomic E-state index is 12.5. The van der Waals surface area contributed by atoms with Crippen LogP contribution in [0.25, 0.3) is 0 Å². The van der Waals surface area contributed by atoms with Crippen LogP contribution < -0.4 is 10.3 Å². The van der Waals surface area contributed by atoms with E-state index in [2.05, 4.69) is 33.1 Å². The van der Waals surface area contributed by atoms with Gasteiger partial charge in [0.25, 0.3) is 5.91 Å². The Bertz CT molecular complexity index is 1070. The second-order valence-corrected chi connectivity index (χ2v) is 8.95. The molecule has 1 aliphatic heterocycles. The molecule has 1 heterocycles. The third kappa shape index (κ3) is 4.73. The number of hydrogen-bond acceptors (Lipinski definition) is 4. The van der Waals surface area contributed by atoms with Crippen molar-refractivity contribution < 1.29 is 9.59 Å². The maximum Gasteiger partial charge on any atom is 0.271 e. The summed E-state index contributed by atoms with van der Waals surface area (Å²) in [5.74, 6) is 0.202. The molecule has 2 amide bonds. The molecule has 150 valence electrons. The third-order valence-electron chi connectivity index (χ3n) is 4.61. The smallest absolute Gasteiger partial charge is 0.271 e. The van der Waals surface area contributed by atoms with Crippen LogP contribution in [0.1, 0.15) is 26.9 Å². The van der Waals surface area contributed by atoms with Crippen molar-refractivity contribution in [3.8, 4) is 0 Å². The molecule has 3 aromatic carbocycles. The van der Waals surface area contributed by atoms with E-state index in [4.69, 9.17) is 0 Å². The van der Waals surface area contributed by atoms with Crippen molar-refractivity contribution in [3.63, 3.8) is 0 Å². The lowest BCUT2D eigenvalue weighted by Crippen LogP contribution is -2.28. The quantitative estimate of drug-likeness (QED) is 0.294. The van der Waals surface area contributed by atoms with Gasteiger partial charge in [0.05, 0.1) is 12.0 Å². The van der Waals surface area contributed by atoms with Gasteiger partial charge in [-0.05, 0) is 70.1 Å². The van der Waals surface area contributed by atoms with Crippen molar-refractivity contribution in [2.45, 2.75) is 5.37 Å². The number of carbonyl (C=O) groups is 2. The van der Waals surface area contributed by atoms with Gasteiger partial charge in [-0.15, -0.1) is 11.8 Å². The second kappa shape index (κ2) is 9.44. The van der Waals surface area contributed by atoms with Crippen LogP contribution in [0.4, 0.5) is 5.69 Å². The van der Waals surface area contributed by atoms with E-state index in [0.717, 1.165) is 20.4 Å². The predicted molar refractivity (Wildman–Crippen MR) is 130 cm³/mol. The van der Waals surface area contributed by atoms with E-state index in [-0.39, 0.29) is 17.2 Å². The minimum Gasteiger partial charge on any atom is -0.295 e. The van der Waals surface area contributed by atoms with Gasteiger partial charge in [-0.2, -0.15) is 5.10 Å². The molecule has 0 aromatic heterocycles. The fourth-order valence-electron chi connectivity index (χ4n) is 3.12. The molecule has 1 aliphatic rings. The Kier molecular flexibility index (Phi) is 6.49. The van der Waals surface area contributed by atoms with Crippen molar-refractivity contribution in [3.05, 3.63) is 99.1 Å². The molecule has 1 fully saturated rings. The topological polar surface area (TPSA) is 61.8 Å². The average Bonchev–Trinajstić information content (AvgIpc) is 3.17. The van der Waals surface area contributed by atoms with Gasteiger partial charge in [-0.3, -0.25) is 14.5 Å². The summed E-state index contributed by atoms with van der Waals surface area (Å²) in [6.07, 6.45) is 1.60. The molecule has 0 spiro atoms. The van der Waals surface area contributed by atoms with E-state index in [1.807, 2.05) is 54.6 Å². The lowest BCUT2D eigenvalue weighted by Gasteiger charge is -2.24. The fourth-order valence-corrected chi connectivity index (χ4v) is 4.66. The molecule has 0 bridgehead atoms. The van der Waals surface area contributed by atoms with Crippen molar-refractivity contribution >= 4 is 58.1 Å². The minimum atomic E-state index is -0.301. The molecule has 4 rings (SSSR count). The van der Waals surface area contributed by atoms with Crippen molar-refractivity contribution in [2.24, 2.45) is 5.10 Å². The first-order chi connectivity index (χ1) is 14.6. The van der Waals surface area contributed by atoms with E-state index < -0.39 is 0 Å². The summed E-state index contributed by atoms with van der Waals surface area (Å²) >= 11 is 3.84. The van der Waals surface area contributed by atoms with Crippen LogP contribution in [-0.4, -0.2) is 23.8 Å². The number of anilines is 1. The maximum absolute atomic E-state index is 12.5. The standard InChI is InChI=1S/C23H18IN3O2S/c24-19-10-6-16(7-11-19)14-25-26-22(29)17-8-12-20(13-9-17)27-21(28)15-30-23(27)18-4-2-1-3-5-18/h1-14,23H,15H2,(H,26,29). The first kappa shape index (κ1) is 20.6. The van der Waals surface area contributed by atoms with Gasteiger partial charge < -0.3 is 0 Å². The number of thioether (sulfide) groups is 1. The average molecular weight is 527 g/mol. The van der Waals surface area contributed by atoms with Crippen LogP contribution in [0.3, 0.4) is 0 Å². The van der Waals surface area contributed by atoms with Crippen molar-refractivity contribution in [2.75, 3.05) is 10.7 Å². The highest BCUT2D eigenvalue weighted by Gasteiger charge is 2.33. The van der Waals surface area contributed by atoms with Crippen LogP contribution in [0.2, 0.25) is 0 Å². The Morgan fingerprint density at radius 1 is 1.03 bits per heavy atom. The molecule has 0 aliphatic carbocycles. The van der Waals surface area contributed by atoms with Gasteiger partial charge in [0.15, 0.2) is 0 Å². The lowest BCUT2D eigenvalue weighted by atomic mass is 10.1. The van der Waals surface area contributed by atoms with Crippen LogP contribution in [-0.2, 0) is 4.79 Å². The minimum absolute atomic E-state index is 0.0584. The Labute approximate surface area is 192 Å².